The second-order valence-corrected chi connectivity index (χ2v) is 3.95. The van der Waals surface area contributed by atoms with Crippen LogP contribution < -0.4 is 5.73 Å². The third-order valence-corrected chi connectivity index (χ3v) is 2.59. The second kappa shape index (κ2) is 3.71. The standard InChI is InChI=1S/C11H8ClN5/c12-10-4-14-5-11(16-10)17-6-15-8-2-1-7(13)3-9(8)17/h1-6H,13H2. The third-order valence-electron chi connectivity index (χ3n) is 2.41. The van der Waals surface area contributed by atoms with Gasteiger partial charge in [0, 0.05) is 5.69 Å². The van der Waals surface area contributed by atoms with E-state index in [1.54, 1.807) is 17.1 Å². The second-order valence-electron chi connectivity index (χ2n) is 3.56. The number of nitrogen functional groups attached to an aromatic ring is 1. The van der Waals surface area contributed by atoms with Gasteiger partial charge in [-0.3, -0.25) is 9.55 Å². The van der Waals surface area contributed by atoms with E-state index in [1.807, 2.05) is 18.2 Å². The van der Waals surface area contributed by atoms with Crippen molar-refractivity contribution in [3.63, 3.8) is 0 Å². The van der Waals surface area contributed by atoms with Crippen molar-refractivity contribution in [1.82, 2.24) is 19.5 Å². The number of aromatic nitrogens is 4. The van der Waals surface area contributed by atoms with Gasteiger partial charge in [-0.2, -0.15) is 0 Å². The molecule has 0 aliphatic carbocycles. The van der Waals surface area contributed by atoms with Gasteiger partial charge in [0.15, 0.2) is 5.82 Å². The minimum absolute atomic E-state index is 0.341. The van der Waals surface area contributed by atoms with Crippen LogP contribution in [-0.2, 0) is 0 Å². The molecule has 3 aromatic rings. The molecule has 0 aliphatic rings. The van der Waals surface area contributed by atoms with Crippen LogP contribution in [0.5, 0.6) is 0 Å². The first-order valence-electron chi connectivity index (χ1n) is 4.94. The number of imidazole rings is 1. The van der Waals surface area contributed by atoms with Gasteiger partial charge < -0.3 is 5.73 Å². The molecule has 2 aromatic heterocycles. The lowest BCUT2D eigenvalue weighted by atomic mass is 10.3. The molecule has 3 rings (SSSR count). The van der Waals surface area contributed by atoms with Crippen LogP contribution in [0.25, 0.3) is 16.9 Å². The summed E-state index contributed by atoms with van der Waals surface area (Å²) in [5, 5.41) is 0.341. The van der Waals surface area contributed by atoms with Crippen molar-refractivity contribution in [2.75, 3.05) is 5.73 Å². The fourth-order valence-corrected chi connectivity index (χ4v) is 1.80. The molecule has 0 spiro atoms. The number of rotatable bonds is 1. The first-order chi connectivity index (χ1) is 8.24. The molecular formula is C11H8ClN5. The molecule has 1 aromatic carbocycles. The summed E-state index contributed by atoms with van der Waals surface area (Å²) in [5.41, 5.74) is 8.16. The first kappa shape index (κ1) is 10.0. The van der Waals surface area contributed by atoms with Gasteiger partial charge in [0.2, 0.25) is 0 Å². The lowest BCUT2D eigenvalue weighted by Crippen LogP contribution is -1.97. The SMILES string of the molecule is Nc1ccc2ncn(-c3cncc(Cl)n3)c2c1. The van der Waals surface area contributed by atoms with Gasteiger partial charge in [0.25, 0.3) is 0 Å². The van der Waals surface area contributed by atoms with E-state index in [0.717, 1.165) is 11.0 Å². The molecule has 5 nitrogen and oxygen atoms in total. The van der Waals surface area contributed by atoms with Crippen molar-refractivity contribution < 1.29 is 0 Å². The summed E-state index contributed by atoms with van der Waals surface area (Å²) >= 11 is 5.81. The van der Waals surface area contributed by atoms with Gasteiger partial charge in [-0.1, -0.05) is 11.6 Å². The summed E-state index contributed by atoms with van der Waals surface area (Å²) in [6.07, 6.45) is 4.78. The maximum atomic E-state index is 5.81. The van der Waals surface area contributed by atoms with Crippen LogP contribution in [0.4, 0.5) is 5.69 Å². The van der Waals surface area contributed by atoms with E-state index in [0.29, 0.717) is 16.7 Å². The predicted molar refractivity (Wildman–Crippen MR) is 66.1 cm³/mol. The average molecular weight is 246 g/mol. The topological polar surface area (TPSA) is 69.6 Å². The Morgan fingerprint density at radius 1 is 1.24 bits per heavy atom. The van der Waals surface area contributed by atoms with Crippen molar-refractivity contribution in [3.8, 4) is 5.82 Å². The molecular weight excluding hydrogens is 238 g/mol. The zero-order valence-electron chi connectivity index (χ0n) is 8.71. The van der Waals surface area contributed by atoms with E-state index in [4.69, 9.17) is 17.3 Å². The highest BCUT2D eigenvalue weighted by Gasteiger charge is 2.06. The Labute approximate surface area is 102 Å². The van der Waals surface area contributed by atoms with E-state index in [1.165, 1.54) is 6.20 Å². The number of halogens is 1. The molecule has 0 radical (unpaired) electrons. The summed E-state index contributed by atoms with van der Waals surface area (Å²) in [7, 11) is 0. The van der Waals surface area contributed by atoms with Crippen LogP contribution in [0.15, 0.2) is 36.9 Å². The Bertz CT molecular complexity index is 691. The predicted octanol–water partition coefficient (Wildman–Crippen LogP) is 2.05. The number of benzene rings is 1. The van der Waals surface area contributed by atoms with Crippen molar-refractivity contribution in [3.05, 3.63) is 42.1 Å². The molecule has 0 saturated carbocycles. The number of nitrogens with zero attached hydrogens (tertiary/aromatic N) is 4. The third kappa shape index (κ3) is 1.70. The fourth-order valence-electron chi connectivity index (χ4n) is 1.66. The van der Waals surface area contributed by atoms with Crippen molar-refractivity contribution in [2.24, 2.45) is 0 Å². The number of fused-ring (bicyclic) bond motifs is 1. The van der Waals surface area contributed by atoms with Gasteiger partial charge in [-0.05, 0) is 18.2 Å². The maximum absolute atomic E-state index is 5.81. The Balaban J connectivity index is 2.27. The van der Waals surface area contributed by atoms with Gasteiger partial charge in [-0.15, -0.1) is 0 Å². The monoisotopic (exact) mass is 245 g/mol. The molecule has 2 N–H and O–H groups in total. The highest BCUT2D eigenvalue weighted by atomic mass is 35.5. The molecule has 0 fully saturated rings. The molecule has 0 amide bonds. The van der Waals surface area contributed by atoms with E-state index in [9.17, 15) is 0 Å². The smallest absolute Gasteiger partial charge is 0.158 e. The summed E-state index contributed by atoms with van der Waals surface area (Å²) in [6.45, 7) is 0. The summed E-state index contributed by atoms with van der Waals surface area (Å²) in [5.74, 6) is 0.616. The van der Waals surface area contributed by atoms with Crippen LogP contribution in [0.3, 0.4) is 0 Å². The first-order valence-corrected chi connectivity index (χ1v) is 5.32. The molecule has 84 valence electrons. The lowest BCUT2D eigenvalue weighted by Gasteiger charge is -2.03. The number of hydrogen-bond donors (Lipinski definition) is 1. The maximum Gasteiger partial charge on any atom is 0.158 e. The quantitative estimate of drug-likeness (QED) is 0.666. The average Bonchev–Trinajstić information content (AvgIpc) is 2.71. The Kier molecular flexibility index (Phi) is 2.19. The van der Waals surface area contributed by atoms with Crippen LogP contribution in [-0.4, -0.2) is 19.5 Å². The molecule has 0 unspecified atom stereocenters. The molecule has 0 aliphatic heterocycles. The highest BCUT2D eigenvalue weighted by molar-refractivity contribution is 6.29. The lowest BCUT2D eigenvalue weighted by molar-refractivity contribution is 0.996. The zero-order chi connectivity index (χ0) is 11.8. The van der Waals surface area contributed by atoms with E-state index < -0.39 is 0 Å². The Hall–Kier alpha value is -2.14. The van der Waals surface area contributed by atoms with Crippen LogP contribution >= 0.6 is 11.6 Å². The van der Waals surface area contributed by atoms with Gasteiger partial charge in [0.05, 0.1) is 23.4 Å². The summed E-state index contributed by atoms with van der Waals surface area (Å²) in [6, 6.07) is 5.51. The van der Waals surface area contributed by atoms with Crippen molar-refractivity contribution in [2.45, 2.75) is 0 Å². The number of anilines is 1. The highest BCUT2D eigenvalue weighted by Crippen LogP contribution is 2.19. The number of hydrogen-bond acceptors (Lipinski definition) is 4. The van der Waals surface area contributed by atoms with Crippen molar-refractivity contribution >= 4 is 28.3 Å². The minimum Gasteiger partial charge on any atom is -0.399 e. The molecule has 0 saturated heterocycles. The molecule has 0 atom stereocenters. The molecule has 6 heteroatoms. The minimum atomic E-state index is 0.341. The van der Waals surface area contributed by atoms with Crippen LogP contribution in [0, 0.1) is 0 Å². The molecule has 2 heterocycles. The summed E-state index contributed by atoms with van der Waals surface area (Å²) < 4.78 is 1.80. The summed E-state index contributed by atoms with van der Waals surface area (Å²) in [4.78, 5) is 12.4. The van der Waals surface area contributed by atoms with Gasteiger partial charge >= 0.3 is 0 Å². The van der Waals surface area contributed by atoms with Crippen LogP contribution in [0.1, 0.15) is 0 Å². The Morgan fingerprint density at radius 2 is 2.12 bits per heavy atom. The largest absolute Gasteiger partial charge is 0.399 e. The fraction of sp³-hybridized carbons (Fsp3) is 0. The van der Waals surface area contributed by atoms with Crippen molar-refractivity contribution in [1.29, 1.82) is 0 Å². The van der Waals surface area contributed by atoms with E-state index in [-0.39, 0.29) is 0 Å². The molecule has 0 bridgehead atoms. The van der Waals surface area contributed by atoms with E-state index >= 15 is 0 Å². The number of nitrogens with two attached hydrogens (primary N) is 1. The van der Waals surface area contributed by atoms with Gasteiger partial charge in [0.1, 0.15) is 11.5 Å². The van der Waals surface area contributed by atoms with E-state index in [2.05, 4.69) is 15.0 Å². The normalized spacial score (nSPS) is 10.9. The molecule has 17 heavy (non-hydrogen) atoms. The van der Waals surface area contributed by atoms with Gasteiger partial charge in [-0.25, -0.2) is 9.97 Å². The Morgan fingerprint density at radius 3 is 2.94 bits per heavy atom. The zero-order valence-corrected chi connectivity index (χ0v) is 9.46. The van der Waals surface area contributed by atoms with Crippen LogP contribution in [0.2, 0.25) is 5.15 Å².